The fourth-order valence-electron chi connectivity index (χ4n) is 3.09. The molecule has 4 rings (SSSR count). The summed E-state index contributed by atoms with van der Waals surface area (Å²) in [6.07, 6.45) is 2.79. The first kappa shape index (κ1) is 18.5. The summed E-state index contributed by atoms with van der Waals surface area (Å²) in [7, 11) is 0. The van der Waals surface area contributed by atoms with Gasteiger partial charge in [0.2, 0.25) is 5.91 Å². The monoisotopic (exact) mass is 391 g/mol. The van der Waals surface area contributed by atoms with Crippen molar-refractivity contribution in [1.82, 2.24) is 19.3 Å². The molecule has 0 saturated heterocycles. The molecule has 0 spiro atoms. The number of amides is 1. The summed E-state index contributed by atoms with van der Waals surface area (Å²) < 4.78 is 15.8. The Morgan fingerprint density at radius 1 is 1.14 bits per heavy atom. The molecule has 0 fully saturated rings. The van der Waals surface area contributed by atoms with Gasteiger partial charge in [-0.25, -0.2) is 14.1 Å². The van der Waals surface area contributed by atoms with Crippen LogP contribution in [0.2, 0.25) is 0 Å². The summed E-state index contributed by atoms with van der Waals surface area (Å²) in [5.41, 5.74) is 3.51. The van der Waals surface area contributed by atoms with Crippen molar-refractivity contribution in [1.29, 1.82) is 0 Å². The van der Waals surface area contributed by atoms with Gasteiger partial charge in [-0.15, -0.1) is 0 Å². The van der Waals surface area contributed by atoms with Crippen molar-refractivity contribution in [2.45, 2.75) is 20.4 Å². The smallest absolute Gasteiger partial charge is 0.264 e. The highest BCUT2D eigenvalue weighted by atomic mass is 19.1. The first-order valence-corrected chi connectivity index (χ1v) is 8.99. The van der Waals surface area contributed by atoms with Gasteiger partial charge in [0.25, 0.3) is 5.56 Å². The number of rotatable bonds is 4. The Bertz CT molecular complexity index is 1270. The van der Waals surface area contributed by atoms with E-state index in [4.69, 9.17) is 0 Å². The average molecular weight is 391 g/mol. The predicted molar refractivity (Wildman–Crippen MR) is 108 cm³/mol. The Morgan fingerprint density at radius 3 is 2.66 bits per heavy atom. The molecule has 2 aromatic heterocycles. The number of halogens is 1. The van der Waals surface area contributed by atoms with Crippen molar-refractivity contribution in [2.75, 3.05) is 5.32 Å². The minimum Gasteiger partial charge on any atom is -0.325 e. The number of carbonyl (C=O) groups is 1. The lowest BCUT2D eigenvalue weighted by Gasteiger charge is -2.10. The Morgan fingerprint density at radius 2 is 1.90 bits per heavy atom. The first-order valence-electron chi connectivity index (χ1n) is 8.99. The molecule has 0 atom stereocenters. The largest absolute Gasteiger partial charge is 0.325 e. The van der Waals surface area contributed by atoms with E-state index in [1.165, 1.54) is 41.4 Å². The molecule has 1 N–H and O–H groups in total. The number of carbonyl (C=O) groups excluding carboxylic acids is 1. The normalized spacial score (nSPS) is 11.0. The number of fused-ring (bicyclic) bond motifs is 1. The quantitative estimate of drug-likeness (QED) is 0.580. The highest BCUT2D eigenvalue weighted by Gasteiger charge is 2.15. The van der Waals surface area contributed by atoms with E-state index in [2.05, 4.69) is 15.4 Å². The van der Waals surface area contributed by atoms with E-state index in [1.807, 2.05) is 32.0 Å². The number of benzene rings is 2. The van der Waals surface area contributed by atoms with E-state index < -0.39 is 11.7 Å². The van der Waals surface area contributed by atoms with E-state index in [0.29, 0.717) is 16.7 Å². The van der Waals surface area contributed by atoms with Crippen molar-refractivity contribution in [2.24, 2.45) is 0 Å². The molecule has 0 saturated carbocycles. The van der Waals surface area contributed by atoms with Crippen LogP contribution < -0.4 is 10.9 Å². The average Bonchev–Trinajstić information content (AvgIpc) is 3.13. The van der Waals surface area contributed by atoms with Gasteiger partial charge >= 0.3 is 0 Å². The topological polar surface area (TPSA) is 81.8 Å². The van der Waals surface area contributed by atoms with Crippen molar-refractivity contribution < 1.29 is 9.18 Å². The highest BCUT2D eigenvalue weighted by molar-refractivity contribution is 5.90. The van der Waals surface area contributed by atoms with Crippen LogP contribution in [0, 0.1) is 19.7 Å². The maximum atomic E-state index is 13.0. The van der Waals surface area contributed by atoms with Gasteiger partial charge in [-0.05, 0) is 55.3 Å². The summed E-state index contributed by atoms with van der Waals surface area (Å²) in [6.45, 7) is 3.78. The number of aryl methyl sites for hydroxylation is 1. The van der Waals surface area contributed by atoms with Gasteiger partial charge in [-0.1, -0.05) is 12.1 Å². The Balaban J connectivity index is 1.63. The fourth-order valence-corrected chi connectivity index (χ4v) is 3.09. The van der Waals surface area contributed by atoms with Gasteiger partial charge in [0.05, 0.1) is 11.9 Å². The molecule has 2 aromatic carbocycles. The summed E-state index contributed by atoms with van der Waals surface area (Å²) >= 11 is 0. The zero-order valence-electron chi connectivity index (χ0n) is 15.9. The second kappa shape index (κ2) is 7.31. The number of anilines is 1. The van der Waals surface area contributed by atoms with E-state index in [1.54, 1.807) is 4.68 Å². The zero-order chi connectivity index (χ0) is 20.5. The predicted octanol–water partition coefficient (Wildman–Crippen LogP) is 2.98. The van der Waals surface area contributed by atoms with Gasteiger partial charge in [0, 0.05) is 5.69 Å². The zero-order valence-corrected chi connectivity index (χ0v) is 15.9. The van der Waals surface area contributed by atoms with Crippen LogP contribution in [0.15, 0.2) is 59.8 Å². The molecule has 29 heavy (non-hydrogen) atoms. The second-order valence-electron chi connectivity index (χ2n) is 6.75. The van der Waals surface area contributed by atoms with Crippen molar-refractivity contribution in [3.05, 3.63) is 82.3 Å². The molecular formula is C21H18FN5O2. The molecule has 0 aliphatic carbocycles. The number of aromatic nitrogens is 4. The number of nitrogens with one attached hydrogen (secondary N) is 1. The maximum absolute atomic E-state index is 13.0. The molecule has 0 radical (unpaired) electrons. The number of hydrogen-bond acceptors (Lipinski definition) is 4. The lowest BCUT2D eigenvalue weighted by molar-refractivity contribution is -0.116. The van der Waals surface area contributed by atoms with E-state index in [9.17, 15) is 14.0 Å². The Kier molecular flexibility index (Phi) is 4.67. The first-order chi connectivity index (χ1) is 13.9. The van der Waals surface area contributed by atoms with Crippen LogP contribution >= 0.6 is 0 Å². The molecule has 0 aliphatic rings. The third-order valence-electron chi connectivity index (χ3n) is 4.80. The van der Waals surface area contributed by atoms with Crippen LogP contribution in [0.1, 0.15) is 11.1 Å². The second-order valence-corrected chi connectivity index (χ2v) is 6.75. The standard InChI is InChI=1S/C21H18FN5O2/c1-13-4-3-5-18(14(13)2)27-20-17(10-24-27)21(29)26(12-23-20)11-19(28)25-16-8-6-15(22)7-9-16/h3-10,12H,11H2,1-2H3,(H,25,28). The molecule has 0 unspecified atom stereocenters. The van der Waals surface area contributed by atoms with Gasteiger partial charge in [0.1, 0.15) is 24.1 Å². The van der Waals surface area contributed by atoms with Crippen LogP contribution in [0.3, 0.4) is 0 Å². The molecule has 0 aliphatic heterocycles. The highest BCUT2D eigenvalue weighted by Crippen LogP contribution is 2.20. The molecule has 4 aromatic rings. The lowest BCUT2D eigenvalue weighted by Crippen LogP contribution is -2.27. The summed E-state index contributed by atoms with van der Waals surface area (Å²) in [6, 6.07) is 11.2. The number of hydrogen-bond donors (Lipinski definition) is 1. The Labute approximate surface area is 165 Å². The van der Waals surface area contributed by atoms with E-state index >= 15 is 0 Å². The minimum absolute atomic E-state index is 0.214. The van der Waals surface area contributed by atoms with Crippen molar-refractivity contribution in [3.63, 3.8) is 0 Å². The molecule has 2 heterocycles. The SMILES string of the molecule is Cc1cccc(-n2ncc3c(=O)n(CC(=O)Nc4ccc(F)cc4)cnc32)c1C. The van der Waals surface area contributed by atoms with Crippen LogP contribution in [-0.4, -0.2) is 25.2 Å². The lowest BCUT2D eigenvalue weighted by atomic mass is 10.1. The number of nitrogens with zero attached hydrogens (tertiary/aromatic N) is 4. The molecule has 8 heteroatoms. The minimum atomic E-state index is -0.415. The maximum Gasteiger partial charge on any atom is 0.264 e. The van der Waals surface area contributed by atoms with Crippen LogP contribution in [-0.2, 0) is 11.3 Å². The van der Waals surface area contributed by atoms with E-state index in [0.717, 1.165) is 16.8 Å². The molecular weight excluding hydrogens is 373 g/mol. The summed E-state index contributed by atoms with van der Waals surface area (Å²) in [4.78, 5) is 29.4. The molecule has 0 bridgehead atoms. The molecule has 1 amide bonds. The summed E-state index contributed by atoms with van der Waals surface area (Å²) in [5, 5.41) is 7.28. The third-order valence-corrected chi connectivity index (χ3v) is 4.80. The fraction of sp³-hybridized carbons (Fsp3) is 0.143. The van der Waals surface area contributed by atoms with Gasteiger partial charge in [-0.3, -0.25) is 14.2 Å². The van der Waals surface area contributed by atoms with Crippen molar-refractivity contribution in [3.8, 4) is 5.69 Å². The Hall–Kier alpha value is -3.81. The van der Waals surface area contributed by atoms with Gasteiger partial charge in [-0.2, -0.15) is 5.10 Å². The van der Waals surface area contributed by atoms with Crippen molar-refractivity contribution >= 4 is 22.6 Å². The molecule has 146 valence electrons. The van der Waals surface area contributed by atoms with Crippen LogP contribution in [0.5, 0.6) is 0 Å². The van der Waals surface area contributed by atoms with Crippen LogP contribution in [0.25, 0.3) is 16.7 Å². The molecule has 7 nitrogen and oxygen atoms in total. The third kappa shape index (κ3) is 3.52. The van der Waals surface area contributed by atoms with Gasteiger partial charge in [0.15, 0.2) is 5.65 Å². The van der Waals surface area contributed by atoms with E-state index in [-0.39, 0.29) is 12.1 Å². The van der Waals surface area contributed by atoms with Crippen LogP contribution in [0.4, 0.5) is 10.1 Å². The summed E-state index contributed by atoms with van der Waals surface area (Å²) in [5.74, 6) is -0.809. The van der Waals surface area contributed by atoms with Gasteiger partial charge < -0.3 is 5.32 Å².